The Kier molecular flexibility index (Phi) is 5.56. The molecule has 1 aromatic carbocycles. The molecular weight excluding hydrogens is 324 g/mol. The van der Waals surface area contributed by atoms with E-state index in [1.165, 1.54) is 11.3 Å². The highest BCUT2D eigenvalue weighted by atomic mass is 32.1. The third-order valence-corrected chi connectivity index (χ3v) is 4.02. The van der Waals surface area contributed by atoms with Gasteiger partial charge in [0.2, 0.25) is 0 Å². The SMILES string of the molecule is CC(NC(=O)Nc1ccc(C(=O)NC(C)(C)C)cc1)c1nccs1. The van der Waals surface area contributed by atoms with Gasteiger partial charge in [0, 0.05) is 28.4 Å². The highest BCUT2D eigenvalue weighted by Crippen LogP contribution is 2.15. The van der Waals surface area contributed by atoms with Crippen LogP contribution in [0, 0.1) is 0 Å². The third kappa shape index (κ3) is 5.34. The summed E-state index contributed by atoms with van der Waals surface area (Å²) in [6.07, 6.45) is 1.71. The van der Waals surface area contributed by atoms with Crippen molar-refractivity contribution in [3.05, 3.63) is 46.4 Å². The van der Waals surface area contributed by atoms with Crippen LogP contribution >= 0.6 is 11.3 Å². The number of benzene rings is 1. The molecule has 1 aromatic heterocycles. The van der Waals surface area contributed by atoms with Gasteiger partial charge >= 0.3 is 6.03 Å². The minimum Gasteiger partial charge on any atom is -0.347 e. The fourth-order valence-electron chi connectivity index (χ4n) is 1.99. The van der Waals surface area contributed by atoms with E-state index in [2.05, 4.69) is 20.9 Å². The van der Waals surface area contributed by atoms with Crippen molar-refractivity contribution in [1.82, 2.24) is 15.6 Å². The van der Waals surface area contributed by atoms with Crippen molar-refractivity contribution in [3.8, 4) is 0 Å². The van der Waals surface area contributed by atoms with Crippen molar-refractivity contribution < 1.29 is 9.59 Å². The van der Waals surface area contributed by atoms with Crippen LogP contribution in [0.2, 0.25) is 0 Å². The highest BCUT2D eigenvalue weighted by Gasteiger charge is 2.15. The normalized spacial score (nSPS) is 12.3. The monoisotopic (exact) mass is 346 g/mol. The molecule has 1 unspecified atom stereocenters. The topological polar surface area (TPSA) is 83.1 Å². The van der Waals surface area contributed by atoms with Crippen LogP contribution in [-0.4, -0.2) is 22.5 Å². The van der Waals surface area contributed by atoms with Crippen LogP contribution in [0.1, 0.15) is 49.1 Å². The lowest BCUT2D eigenvalue weighted by Crippen LogP contribution is -2.40. The Bertz CT molecular complexity index is 690. The van der Waals surface area contributed by atoms with Crippen molar-refractivity contribution in [1.29, 1.82) is 0 Å². The second-order valence-corrected chi connectivity index (χ2v) is 7.40. The first kappa shape index (κ1) is 17.9. The molecule has 0 fully saturated rings. The number of amides is 3. The molecule has 0 bridgehead atoms. The largest absolute Gasteiger partial charge is 0.347 e. The standard InChI is InChI=1S/C17H22N4O2S/c1-11(15-18-9-10-24-15)19-16(23)20-13-7-5-12(6-8-13)14(22)21-17(2,3)4/h5-11H,1-4H3,(H,21,22)(H2,19,20,23). The summed E-state index contributed by atoms with van der Waals surface area (Å²) in [6, 6.07) is 6.28. The van der Waals surface area contributed by atoms with Crippen molar-refractivity contribution in [2.75, 3.05) is 5.32 Å². The van der Waals surface area contributed by atoms with Crippen LogP contribution in [0.3, 0.4) is 0 Å². The van der Waals surface area contributed by atoms with E-state index < -0.39 is 0 Å². The van der Waals surface area contributed by atoms with Gasteiger partial charge in [-0.25, -0.2) is 9.78 Å². The number of nitrogens with one attached hydrogen (secondary N) is 3. The molecule has 0 saturated carbocycles. The average molecular weight is 346 g/mol. The van der Waals surface area contributed by atoms with E-state index in [1.54, 1.807) is 30.5 Å². The molecule has 0 aliphatic rings. The molecule has 3 N–H and O–H groups in total. The molecule has 2 aromatic rings. The number of hydrogen-bond donors (Lipinski definition) is 3. The summed E-state index contributed by atoms with van der Waals surface area (Å²) in [5.41, 5.74) is 0.873. The first-order valence-corrected chi connectivity index (χ1v) is 8.52. The number of urea groups is 1. The first-order valence-electron chi connectivity index (χ1n) is 7.64. The van der Waals surface area contributed by atoms with Crippen molar-refractivity contribution in [2.24, 2.45) is 0 Å². The van der Waals surface area contributed by atoms with Crippen molar-refractivity contribution >= 4 is 29.0 Å². The summed E-state index contributed by atoms with van der Waals surface area (Å²) in [5.74, 6) is -0.143. The lowest BCUT2D eigenvalue weighted by molar-refractivity contribution is 0.0919. The van der Waals surface area contributed by atoms with Gasteiger partial charge in [0.15, 0.2) is 0 Å². The quantitative estimate of drug-likeness (QED) is 0.791. The molecule has 1 atom stereocenters. The Morgan fingerprint density at radius 1 is 1.17 bits per heavy atom. The summed E-state index contributed by atoms with van der Waals surface area (Å²) in [4.78, 5) is 28.2. The van der Waals surface area contributed by atoms with Crippen LogP contribution in [0.25, 0.3) is 0 Å². The summed E-state index contributed by atoms with van der Waals surface area (Å²) < 4.78 is 0. The maximum atomic E-state index is 12.1. The highest BCUT2D eigenvalue weighted by molar-refractivity contribution is 7.09. The average Bonchev–Trinajstić information content (AvgIpc) is 3.00. The second-order valence-electron chi connectivity index (χ2n) is 6.47. The molecule has 0 aliphatic heterocycles. The summed E-state index contributed by atoms with van der Waals surface area (Å²) in [6.45, 7) is 7.65. The molecule has 0 spiro atoms. The molecule has 6 nitrogen and oxygen atoms in total. The Labute approximate surface area is 145 Å². The van der Waals surface area contributed by atoms with Gasteiger partial charge in [-0.05, 0) is 52.0 Å². The molecule has 7 heteroatoms. The zero-order valence-electron chi connectivity index (χ0n) is 14.2. The molecule has 24 heavy (non-hydrogen) atoms. The van der Waals surface area contributed by atoms with Gasteiger partial charge < -0.3 is 16.0 Å². The van der Waals surface area contributed by atoms with Crippen molar-refractivity contribution in [2.45, 2.75) is 39.3 Å². The number of rotatable bonds is 4. The summed E-state index contributed by atoms with van der Waals surface area (Å²) >= 11 is 1.49. The predicted molar refractivity (Wildman–Crippen MR) is 96.3 cm³/mol. The van der Waals surface area contributed by atoms with E-state index in [0.717, 1.165) is 5.01 Å². The van der Waals surface area contributed by atoms with Gasteiger partial charge in [0.05, 0.1) is 6.04 Å². The Balaban J connectivity index is 1.91. The van der Waals surface area contributed by atoms with Gasteiger partial charge in [-0.3, -0.25) is 4.79 Å². The molecule has 1 heterocycles. The molecular formula is C17H22N4O2S. The maximum Gasteiger partial charge on any atom is 0.319 e. The lowest BCUT2D eigenvalue weighted by Gasteiger charge is -2.20. The first-order chi connectivity index (χ1) is 11.2. The molecule has 0 saturated heterocycles. The number of nitrogens with zero attached hydrogens (tertiary/aromatic N) is 1. The van der Waals surface area contributed by atoms with E-state index in [-0.39, 0.29) is 23.5 Å². The van der Waals surface area contributed by atoms with Gasteiger partial charge in [0.1, 0.15) is 5.01 Å². The van der Waals surface area contributed by atoms with Gasteiger partial charge in [0.25, 0.3) is 5.91 Å². The van der Waals surface area contributed by atoms with E-state index in [1.807, 2.05) is 33.1 Å². The minimum atomic E-state index is -0.315. The number of aromatic nitrogens is 1. The zero-order chi connectivity index (χ0) is 17.7. The van der Waals surface area contributed by atoms with E-state index in [0.29, 0.717) is 11.3 Å². The Morgan fingerprint density at radius 2 is 1.83 bits per heavy atom. The van der Waals surface area contributed by atoms with Crippen LogP contribution in [-0.2, 0) is 0 Å². The minimum absolute atomic E-state index is 0.143. The molecule has 0 radical (unpaired) electrons. The number of anilines is 1. The van der Waals surface area contributed by atoms with Crippen LogP contribution in [0.5, 0.6) is 0 Å². The van der Waals surface area contributed by atoms with E-state index in [4.69, 9.17) is 0 Å². The predicted octanol–water partition coefficient (Wildman–Crippen LogP) is 3.55. The number of hydrogen-bond acceptors (Lipinski definition) is 4. The second kappa shape index (κ2) is 7.44. The molecule has 128 valence electrons. The third-order valence-electron chi connectivity index (χ3n) is 3.06. The lowest BCUT2D eigenvalue weighted by atomic mass is 10.1. The van der Waals surface area contributed by atoms with Crippen LogP contribution < -0.4 is 16.0 Å². The van der Waals surface area contributed by atoms with Crippen LogP contribution in [0.15, 0.2) is 35.8 Å². The van der Waals surface area contributed by atoms with Gasteiger partial charge in [-0.1, -0.05) is 0 Å². The fourth-order valence-corrected chi connectivity index (χ4v) is 2.64. The van der Waals surface area contributed by atoms with Crippen LogP contribution in [0.4, 0.5) is 10.5 Å². The molecule has 2 rings (SSSR count). The maximum absolute atomic E-state index is 12.1. The van der Waals surface area contributed by atoms with Gasteiger partial charge in [-0.15, -0.1) is 11.3 Å². The van der Waals surface area contributed by atoms with Crippen molar-refractivity contribution in [3.63, 3.8) is 0 Å². The number of thiazole rings is 1. The zero-order valence-corrected chi connectivity index (χ0v) is 15.0. The number of carbonyl (C=O) groups excluding carboxylic acids is 2. The smallest absolute Gasteiger partial charge is 0.319 e. The summed E-state index contributed by atoms with van der Waals surface area (Å²) in [5, 5.41) is 11.2. The Hall–Kier alpha value is -2.41. The fraction of sp³-hybridized carbons (Fsp3) is 0.353. The Morgan fingerprint density at radius 3 is 2.38 bits per heavy atom. The summed E-state index contributed by atoms with van der Waals surface area (Å²) in [7, 11) is 0. The van der Waals surface area contributed by atoms with Gasteiger partial charge in [-0.2, -0.15) is 0 Å². The molecule has 0 aliphatic carbocycles. The molecule has 3 amide bonds. The number of carbonyl (C=O) groups is 2. The van der Waals surface area contributed by atoms with E-state index in [9.17, 15) is 9.59 Å². The van der Waals surface area contributed by atoms with E-state index >= 15 is 0 Å².